The van der Waals surface area contributed by atoms with Gasteiger partial charge in [-0.1, -0.05) is 43.3 Å². The number of carbonyl (C=O) groups is 2. The number of hydrogen-bond acceptors (Lipinski definition) is 5. The maximum absolute atomic E-state index is 13.2. The lowest BCUT2D eigenvalue weighted by Crippen LogP contribution is -2.26. The molecule has 0 spiro atoms. The van der Waals surface area contributed by atoms with Gasteiger partial charge in [-0.15, -0.1) is 11.3 Å². The van der Waals surface area contributed by atoms with Crippen LogP contribution < -0.4 is 4.74 Å². The van der Waals surface area contributed by atoms with Crippen molar-refractivity contribution < 1.29 is 24.2 Å². The Morgan fingerprint density at radius 2 is 1.68 bits per heavy atom. The standard InChI is InChI=1S/C31H33NO5S/c1-4-16-37-26-13-12-23-18-25(11-10-24(23)19-26)30(33)32(3)20-27-14-15-29(38-27)22-8-6-21(7-9-22)17-28(31(34)35)36-5-2/h6-15,18-19,28H,4-5,16-17,20H2,1-3H3,(H,34,35)/t28-/m0/s1. The van der Waals surface area contributed by atoms with Gasteiger partial charge >= 0.3 is 5.97 Å². The topological polar surface area (TPSA) is 76.1 Å². The van der Waals surface area contributed by atoms with Gasteiger partial charge in [-0.2, -0.15) is 0 Å². The molecule has 1 aromatic heterocycles. The van der Waals surface area contributed by atoms with E-state index in [4.69, 9.17) is 9.47 Å². The number of fused-ring (bicyclic) bond motifs is 1. The van der Waals surface area contributed by atoms with Gasteiger partial charge < -0.3 is 19.5 Å². The summed E-state index contributed by atoms with van der Waals surface area (Å²) in [7, 11) is 1.82. The summed E-state index contributed by atoms with van der Waals surface area (Å²) in [5, 5.41) is 11.4. The van der Waals surface area contributed by atoms with Crippen molar-refractivity contribution in [2.75, 3.05) is 20.3 Å². The van der Waals surface area contributed by atoms with E-state index in [2.05, 4.69) is 13.0 Å². The number of aliphatic carboxylic acids is 1. The Bertz CT molecular complexity index is 1400. The average Bonchev–Trinajstić information content (AvgIpc) is 3.39. The smallest absolute Gasteiger partial charge is 0.333 e. The van der Waals surface area contributed by atoms with Gasteiger partial charge in [0.25, 0.3) is 5.91 Å². The SMILES string of the molecule is CCCOc1ccc2cc(C(=O)N(C)Cc3ccc(-c4ccc(C[C@H](OCC)C(=O)O)cc4)s3)ccc2c1. The maximum atomic E-state index is 13.2. The molecule has 4 aromatic rings. The van der Waals surface area contributed by atoms with E-state index in [9.17, 15) is 14.7 Å². The first-order valence-corrected chi connectivity index (χ1v) is 13.6. The summed E-state index contributed by atoms with van der Waals surface area (Å²) in [5.74, 6) is -0.138. The van der Waals surface area contributed by atoms with Gasteiger partial charge in [0.05, 0.1) is 13.2 Å². The van der Waals surface area contributed by atoms with E-state index in [1.807, 2.05) is 73.8 Å². The predicted octanol–water partition coefficient (Wildman–Crippen LogP) is 6.66. The highest BCUT2D eigenvalue weighted by Crippen LogP contribution is 2.30. The molecule has 1 atom stereocenters. The van der Waals surface area contributed by atoms with Gasteiger partial charge in [0.2, 0.25) is 0 Å². The van der Waals surface area contributed by atoms with Gasteiger partial charge in [-0.25, -0.2) is 4.79 Å². The Morgan fingerprint density at radius 3 is 2.39 bits per heavy atom. The molecule has 198 valence electrons. The molecule has 3 aromatic carbocycles. The number of carboxylic acids is 1. The third-order valence-electron chi connectivity index (χ3n) is 6.24. The number of hydrogen-bond donors (Lipinski definition) is 1. The number of carboxylic acid groups (broad SMARTS) is 1. The molecular formula is C31H33NO5S. The second kappa shape index (κ2) is 12.7. The highest BCUT2D eigenvalue weighted by atomic mass is 32.1. The Hall–Kier alpha value is -3.68. The Balaban J connectivity index is 1.39. The van der Waals surface area contributed by atoms with Crippen LogP contribution in [0.2, 0.25) is 0 Å². The van der Waals surface area contributed by atoms with Crippen molar-refractivity contribution in [3.8, 4) is 16.2 Å². The Labute approximate surface area is 227 Å². The molecular weight excluding hydrogens is 498 g/mol. The number of carbonyl (C=O) groups excluding carboxylic acids is 1. The zero-order valence-corrected chi connectivity index (χ0v) is 22.8. The van der Waals surface area contributed by atoms with Crippen LogP contribution in [0.4, 0.5) is 0 Å². The largest absolute Gasteiger partial charge is 0.494 e. The molecule has 4 rings (SSSR count). The minimum Gasteiger partial charge on any atom is -0.494 e. The summed E-state index contributed by atoms with van der Waals surface area (Å²) in [6, 6.07) is 23.7. The molecule has 0 fully saturated rings. The van der Waals surface area contributed by atoms with E-state index in [1.165, 1.54) is 0 Å². The second-order valence-corrected chi connectivity index (χ2v) is 10.4. The van der Waals surface area contributed by atoms with E-state index in [1.54, 1.807) is 23.2 Å². The van der Waals surface area contributed by atoms with Gasteiger partial charge in [-0.05, 0) is 71.6 Å². The first-order chi connectivity index (χ1) is 18.4. The fraction of sp³-hybridized carbons (Fsp3) is 0.290. The highest BCUT2D eigenvalue weighted by Gasteiger charge is 2.18. The minimum atomic E-state index is -0.952. The summed E-state index contributed by atoms with van der Waals surface area (Å²) in [6.07, 6.45) is 0.445. The van der Waals surface area contributed by atoms with Gasteiger partial charge in [0.15, 0.2) is 6.10 Å². The van der Waals surface area contributed by atoms with Gasteiger partial charge in [0, 0.05) is 35.4 Å². The van der Waals surface area contributed by atoms with Crippen molar-refractivity contribution in [3.63, 3.8) is 0 Å². The lowest BCUT2D eigenvalue weighted by molar-refractivity contribution is -0.149. The number of rotatable bonds is 12. The Kier molecular flexibility index (Phi) is 9.15. The molecule has 0 aliphatic rings. The molecule has 0 aliphatic heterocycles. The molecule has 38 heavy (non-hydrogen) atoms. The van der Waals surface area contributed by atoms with Crippen LogP contribution in [-0.4, -0.2) is 48.2 Å². The molecule has 1 N–H and O–H groups in total. The molecule has 0 unspecified atom stereocenters. The summed E-state index contributed by atoms with van der Waals surface area (Å²) in [4.78, 5) is 28.4. The fourth-order valence-corrected chi connectivity index (χ4v) is 5.32. The Morgan fingerprint density at radius 1 is 0.947 bits per heavy atom. The van der Waals surface area contributed by atoms with E-state index >= 15 is 0 Å². The van der Waals surface area contributed by atoms with E-state index in [-0.39, 0.29) is 5.91 Å². The number of nitrogens with zero attached hydrogens (tertiary/aromatic N) is 1. The summed E-state index contributed by atoms with van der Waals surface area (Å²) in [5.41, 5.74) is 2.62. The van der Waals surface area contributed by atoms with Crippen molar-refractivity contribution in [2.45, 2.75) is 39.3 Å². The normalized spacial score (nSPS) is 11.9. The van der Waals surface area contributed by atoms with Crippen molar-refractivity contribution in [2.24, 2.45) is 0 Å². The molecule has 0 saturated carbocycles. The average molecular weight is 532 g/mol. The van der Waals surface area contributed by atoms with Crippen LogP contribution in [0.5, 0.6) is 5.75 Å². The molecule has 0 radical (unpaired) electrons. The lowest BCUT2D eigenvalue weighted by Gasteiger charge is -2.17. The zero-order valence-electron chi connectivity index (χ0n) is 22.0. The number of amides is 1. The summed E-state index contributed by atoms with van der Waals surface area (Å²) in [6.45, 7) is 5.43. The van der Waals surface area contributed by atoms with Gasteiger partial charge in [-0.3, -0.25) is 4.79 Å². The quantitative estimate of drug-likeness (QED) is 0.221. The van der Waals surface area contributed by atoms with Crippen LogP contribution in [-0.2, 0) is 22.5 Å². The van der Waals surface area contributed by atoms with Crippen LogP contribution >= 0.6 is 11.3 Å². The van der Waals surface area contributed by atoms with Crippen LogP contribution in [0.3, 0.4) is 0 Å². The molecule has 0 saturated heterocycles. The van der Waals surface area contributed by atoms with E-state index in [0.29, 0.717) is 31.7 Å². The zero-order chi connectivity index (χ0) is 27.1. The predicted molar refractivity (Wildman–Crippen MR) is 152 cm³/mol. The molecule has 0 aliphatic carbocycles. The first kappa shape index (κ1) is 27.4. The van der Waals surface area contributed by atoms with Crippen LogP contribution in [0.1, 0.15) is 41.1 Å². The van der Waals surface area contributed by atoms with Crippen molar-refractivity contribution in [1.29, 1.82) is 0 Å². The number of benzene rings is 3. The highest BCUT2D eigenvalue weighted by molar-refractivity contribution is 7.15. The summed E-state index contributed by atoms with van der Waals surface area (Å²) >= 11 is 1.64. The monoisotopic (exact) mass is 531 g/mol. The van der Waals surface area contributed by atoms with Crippen LogP contribution in [0, 0.1) is 0 Å². The minimum absolute atomic E-state index is 0.0280. The van der Waals surface area contributed by atoms with Crippen molar-refractivity contribution in [3.05, 3.63) is 88.8 Å². The summed E-state index contributed by atoms with van der Waals surface area (Å²) < 4.78 is 11.0. The van der Waals surface area contributed by atoms with Crippen LogP contribution in [0.15, 0.2) is 72.8 Å². The lowest BCUT2D eigenvalue weighted by atomic mass is 10.0. The molecule has 0 bridgehead atoms. The molecule has 1 heterocycles. The molecule has 1 amide bonds. The van der Waals surface area contributed by atoms with Gasteiger partial charge in [0.1, 0.15) is 5.75 Å². The third-order valence-corrected chi connectivity index (χ3v) is 7.35. The number of thiophene rings is 1. The van der Waals surface area contributed by atoms with Crippen molar-refractivity contribution in [1.82, 2.24) is 4.90 Å². The fourth-order valence-electron chi connectivity index (χ4n) is 4.25. The third kappa shape index (κ3) is 6.79. The second-order valence-electron chi connectivity index (χ2n) is 9.18. The maximum Gasteiger partial charge on any atom is 0.333 e. The molecule has 7 heteroatoms. The number of ether oxygens (including phenoxy) is 2. The first-order valence-electron chi connectivity index (χ1n) is 12.8. The van der Waals surface area contributed by atoms with E-state index < -0.39 is 12.1 Å². The van der Waals surface area contributed by atoms with E-state index in [0.717, 1.165) is 43.8 Å². The van der Waals surface area contributed by atoms with Crippen LogP contribution in [0.25, 0.3) is 21.2 Å². The molecule has 6 nitrogen and oxygen atoms in total. The van der Waals surface area contributed by atoms with Crippen molar-refractivity contribution >= 4 is 34.0 Å².